The minimum atomic E-state index is -0.411. The Labute approximate surface area is 167 Å². The third-order valence-electron chi connectivity index (χ3n) is 4.51. The molecule has 2 aromatic carbocycles. The Morgan fingerprint density at radius 1 is 1.00 bits per heavy atom. The molecule has 0 aliphatic heterocycles. The van der Waals surface area contributed by atoms with Gasteiger partial charge in [0.25, 0.3) is 0 Å². The second-order valence-corrected chi connectivity index (χ2v) is 8.32. The van der Waals surface area contributed by atoms with Crippen molar-refractivity contribution in [2.75, 3.05) is 6.61 Å². The minimum absolute atomic E-state index is 0.152. The number of ether oxygens (including phenoxy) is 2. The van der Waals surface area contributed by atoms with Crippen molar-refractivity contribution < 1.29 is 14.3 Å². The Balaban J connectivity index is 1.72. The van der Waals surface area contributed by atoms with Crippen LogP contribution in [0.1, 0.15) is 45.0 Å². The second kappa shape index (κ2) is 8.09. The summed E-state index contributed by atoms with van der Waals surface area (Å²) in [6.45, 7) is 11.1. The van der Waals surface area contributed by atoms with Crippen LogP contribution in [-0.2, 0) is 6.54 Å². The fourth-order valence-corrected chi connectivity index (χ4v) is 3.17. The number of aromatic nitrogens is 1. The summed E-state index contributed by atoms with van der Waals surface area (Å²) in [6.07, 6.45) is 2.11. The average Bonchev–Trinajstić information content (AvgIpc) is 3.00. The van der Waals surface area contributed by atoms with Gasteiger partial charge in [0.1, 0.15) is 18.1 Å². The first kappa shape index (κ1) is 20.0. The van der Waals surface area contributed by atoms with Gasteiger partial charge in [0.05, 0.1) is 12.6 Å². The van der Waals surface area contributed by atoms with Gasteiger partial charge in [-0.3, -0.25) is 4.79 Å². The lowest BCUT2D eigenvalue weighted by atomic mass is 9.86. The van der Waals surface area contributed by atoms with E-state index in [2.05, 4.69) is 4.57 Å². The molecule has 4 heteroatoms. The van der Waals surface area contributed by atoms with E-state index in [9.17, 15) is 4.79 Å². The highest BCUT2D eigenvalue weighted by atomic mass is 16.5. The molecule has 0 fully saturated rings. The number of fused-ring (bicyclic) bond motifs is 1. The second-order valence-electron chi connectivity index (χ2n) is 8.32. The normalized spacial score (nSPS) is 11.8. The summed E-state index contributed by atoms with van der Waals surface area (Å²) in [4.78, 5) is 12.8. The largest absolute Gasteiger partial charge is 0.492 e. The number of hydrogen-bond acceptors (Lipinski definition) is 3. The zero-order valence-electron chi connectivity index (χ0n) is 17.4. The molecule has 0 aliphatic carbocycles. The molecule has 3 aromatic rings. The van der Waals surface area contributed by atoms with Crippen LogP contribution in [0, 0.1) is 5.41 Å². The lowest BCUT2D eigenvalue weighted by Gasteiger charge is -2.15. The van der Waals surface area contributed by atoms with E-state index in [4.69, 9.17) is 9.47 Å². The molecular formula is C24H29NO3. The molecule has 0 bridgehead atoms. The summed E-state index contributed by atoms with van der Waals surface area (Å²) in [7, 11) is 0. The van der Waals surface area contributed by atoms with Crippen molar-refractivity contribution in [2.24, 2.45) is 5.41 Å². The van der Waals surface area contributed by atoms with Crippen LogP contribution in [0.15, 0.2) is 54.7 Å². The standard InChI is InChI=1S/C24H29NO3/c1-17(2)28-19-12-10-18(11-13-19)27-15-14-25-16-21(23(26)24(3,4)5)20-8-6-7-9-22(20)25/h6-13,16-17H,14-15H2,1-5H3. The van der Waals surface area contributed by atoms with Gasteiger partial charge in [-0.05, 0) is 44.2 Å². The van der Waals surface area contributed by atoms with Gasteiger partial charge in [0.2, 0.25) is 0 Å². The number of ketones is 1. The molecule has 0 atom stereocenters. The molecule has 1 aromatic heterocycles. The van der Waals surface area contributed by atoms with Crippen LogP contribution in [-0.4, -0.2) is 23.1 Å². The van der Waals surface area contributed by atoms with Gasteiger partial charge in [-0.1, -0.05) is 39.0 Å². The first-order valence-corrected chi connectivity index (χ1v) is 9.78. The summed E-state index contributed by atoms with van der Waals surface area (Å²) in [5.41, 5.74) is 1.42. The predicted molar refractivity (Wildman–Crippen MR) is 113 cm³/mol. The van der Waals surface area contributed by atoms with E-state index in [0.29, 0.717) is 13.2 Å². The molecule has 0 aliphatic rings. The minimum Gasteiger partial charge on any atom is -0.492 e. The Hall–Kier alpha value is -2.75. The highest BCUT2D eigenvalue weighted by Gasteiger charge is 2.26. The first-order chi connectivity index (χ1) is 13.3. The topological polar surface area (TPSA) is 40.5 Å². The SMILES string of the molecule is CC(C)Oc1ccc(OCCn2cc(C(=O)C(C)(C)C)c3ccccc32)cc1. The highest BCUT2D eigenvalue weighted by molar-refractivity contribution is 6.10. The van der Waals surface area contributed by atoms with Crippen molar-refractivity contribution in [3.8, 4) is 11.5 Å². The number of hydrogen-bond donors (Lipinski definition) is 0. The fraction of sp³-hybridized carbons (Fsp3) is 0.375. The third-order valence-corrected chi connectivity index (χ3v) is 4.51. The van der Waals surface area contributed by atoms with Crippen molar-refractivity contribution >= 4 is 16.7 Å². The zero-order chi connectivity index (χ0) is 20.3. The molecule has 0 saturated heterocycles. The van der Waals surface area contributed by atoms with Gasteiger partial charge in [0, 0.05) is 28.1 Å². The highest BCUT2D eigenvalue weighted by Crippen LogP contribution is 2.28. The smallest absolute Gasteiger partial charge is 0.170 e. The molecule has 28 heavy (non-hydrogen) atoms. The van der Waals surface area contributed by atoms with Gasteiger partial charge >= 0.3 is 0 Å². The lowest BCUT2D eigenvalue weighted by molar-refractivity contribution is 0.0860. The van der Waals surface area contributed by atoms with Crippen LogP contribution in [0.5, 0.6) is 11.5 Å². The number of benzene rings is 2. The molecule has 0 radical (unpaired) electrons. The average molecular weight is 380 g/mol. The van der Waals surface area contributed by atoms with Crippen LogP contribution >= 0.6 is 0 Å². The van der Waals surface area contributed by atoms with Gasteiger partial charge in [0.15, 0.2) is 5.78 Å². The Morgan fingerprint density at radius 2 is 1.64 bits per heavy atom. The Kier molecular flexibility index (Phi) is 5.78. The molecule has 1 heterocycles. The van der Waals surface area contributed by atoms with Crippen molar-refractivity contribution in [1.29, 1.82) is 0 Å². The van der Waals surface area contributed by atoms with Gasteiger partial charge in [-0.15, -0.1) is 0 Å². The van der Waals surface area contributed by atoms with Crippen LogP contribution in [0.2, 0.25) is 0 Å². The van der Waals surface area contributed by atoms with E-state index in [-0.39, 0.29) is 11.9 Å². The summed E-state index contributed by atoms with van der Waals surface area (Å²) >= 11 is 0. The van der Waals surface area contributed by atoms with Gasteiger partial charge in [-0.2, -0.15) is 0 Å². The summed E-state index contributed by atoms with van der Waals surface area (Å²) < 4.78 is 13.6. The van der Waals surface area contributed by atoms with Crippen molar-refractivity contribution in [2.45, 2.75) is 47.3 Å². The zero-order valence-corrected chi connectivity index (χ0v) is 17.4. The monoisotopic (exact) mass is 379 g/mol. The van der Waals surface area contributed by atoms with Gasteiger partial charge in [-0.25, -0.2) is 0 Å². The summed E-state index contributed by atoms with van der Waals surface area (Å²) in [5, 5.41) is 0.998. The molecule has 0 unspecified atom stereocenters. The number of carbonyl (C=O) groups excluding carboxylic acids is 1. The summed E-state index contributed by atoms with van der Waals surface area (Å²) in [5.74, 6) is 1.80. The van der Waals surface area contributed by atoms with E-state index in [0.717, 1.165) is 28.0 Å². The molecule has 0 saturated carbocycles. The van der Waals surface area contributed by atoms with Crippen LogP contribution in [0.4, 0.5) is 0 Å². The van der Waals surface area contributed by atoms with Crippen molar-refractivity contribution in [3.05, 3.63) is 60.3 Å². The number of nitrogens with zero attached hydrogens (tertiary/aromatic N) is 1. The number of rotatable bonds is 7. The molecule has 4 nitrogen and oxygen atoms in total. The van der Waals surface area contributed by atoms with Crippen LogP contribution in [0.25, 0.3) is 10.9 Å². The van der Waals surface area contributed by atoms with Crippen LogP contribution < -0.4 is 9.47 Å². The maximum atomic E-state index is 12.8. The van der Waals surface area contributed by atoms with E-state index < -0.39 is 5.41 Å². The van der Waals surface area contributed by atoms with Crippen molar-refractivity contribution in [3.63, 3.8) is 0 Å². The molecule has 0 N–H and O–H groups in total. The quantitative estimate of drug-likeness (QED) is 0.492. The predicted octanol–water partition coefficient (Wildman–Crippen LogP) is 5.74. The van der Waals surface area contributed by atoms with Crippen LogP contribution in [0.3, 0.4) is 0 Å². The number of carbonyl (C=O) groups is 1. The number of Topliss-reactive ketones (excluding diaryl/α,β-unsaturated/α-hetero) is 1. The summed E-state index contributed by atoms with van der Waals surface area (Å²) in [6, 6.07) is 15.7. The van der Waals surface area contributed by atoms with E-state index >= 15 is 0 Å². The molecule has 3 rings (SSSR count). The van der Waals surface area contributed by atoms with E-state index in [1.54, 1.807) is 0 Å². The Morgan fingerprint density at radius 3 is 2.29 bits per heavy atom. The molecule has 0 spiro atoms. The lowest BCUT2D eigenvalue weighted by Crippen LogP contribution is -2.20. The molecular weight excluding hydrogens is 350 g/mol. The molecule has 148 valence electrons. The first-order valence-electron chi connectivity index (χ1n) is 9.78. The van der Waals surface area contributed by atoms with E-state index in [1.807, 2.05) is 89.3 Å². The molecule has 0 amide bonds. The third kappa shape index (κ3) is 4.56. The maximum absolute atomic E-state index is 12.8. The van der Waals surface area contributed by atoms with Gasteiger partial charge < -0.3 is 14.0 Å². The van der Waals surface area contributed by atoms with Crippen molar-refractivity contribution in [1.82, 2.24) is 4.57 Å². The van der Waals surface area contributed by atoms with E-state index in [1.165, 1.54) is 0 Å². The Bertz CT molecular complexity index is 946. The fourth-order valence-electron chi connectivity index (χ4n) is 3.17. The number of para-hydroxylation sites is 1. The maximum Gasteiger partial charge on any atom is 0.170 e.